The minimum Gasteiger partial charge on any atom is -0.489 e. The second-order valence-electron chi connectivity index (χ2n) is 11.4. The van der Waals surface area contributed by atoms with Gasteiger partial charge in [0.15, 0.2) is 0 Å². The Hall–Kier alpha value is -3.64. The number of piperidine rings is 1. The summed E-state index contributed by atoms with van der Waals surface area (Å²) in [7, 11) is 0. The third-order valence-corrected chi connectivity index (χ3v) is 9.26. The number of thiazole rings is 1. The Morgan fingerprint density at radius 3 is 2.24 bits per heavy atom. The van der Waals surface area contributed by atoms with E-state index in [0.29, 0.717) is 24.0 Å². The molecule has 3 aromatic carbocycles. The van der Waals surface area contributed by atoms with Gasteiger partial charge in [-0.3, -0.25) is 0 Å². The summed E-state index contributed by atoms with van der Waals surface area (Å²) in [5.74, 6) is 1.31. The van der Waals surface area contributed by atoms with E-state index < -0.39 is 5.97 Å². The number of carbonyl (C=O) groups is 1. The fourth-order valence-electron chi connectivity index (χ4n) is 5.94. The van der Waals surface area contributed by atoms with E-state index in [1.54, 1.807) is 23.5 Å². The lowest BCUT2D eigenvalue weighted by Gasteiger charge is -2.33. The minimum atomic E-state index is -0.882. The van der Waals surface area contributed by atoms with Crippen LogP contribution in [-0.2, 0) is 13.0 Å². The summed E-state index contributed by atoms with van der Waals surface area (Å²) >= 11 is 1.76. The second-order valence-corrected chi connectivity index (χ2v) is 12.4. The van der Waals surface area contributed by atoms with Crippen LogP contribution in [0.2, 0.25) is 0 Å². The maximum Gasteiger partial charge on any atom is 0.335 e. The maximum absolute atomic E-state index is 11.1. The molecule has 1 aliphatic heterocycles. The van der Waals surface area contributed by atoms with Crippen molar-refractivity contribution in [3.8, 4) is 17.0 Å². The van der Waals surface area contributed by atoms with Crippen LogP contribution < -0.4 is 9.64 Å². The van der Waals surface area contributed by atoms with Crippen molar-refractivity contribution in [1.82, 2.24) is 4.98 Å². The Kier molecular flexibility index (Phi) is 10.3. The molecule has 5 nitrogen and oxygen atoms in total. The molecule has 0 radical (unpaired) electrons. The second kappa shape index (κ2) is 14.5. The number of ether oxygens (including phenoxy) is 1. The summed E-state index contributed by atoms with van der Waals surface area (Å²) in [4.78, 5) is 18.4. The molecule has 2 heterocycles. The van der Waals surface area contributed by atoms with E-state index in [4.69, 9.17) is 14.8 Å². The molecule has 6 heteroatoms. The van der Waals surface area contributed by atoms with Gasteiger partial charge in [-0.1, -0.05) is 63.1 Å². The van der Waals surface area contributed by atoms with Crippen molar-refractivity contribution in [2.75, 3.05) is 18.0 Å². The summed E-state index contributed by atoms with van der Waals surface area (Å²) < 4.78 is 6.09. The average Bonchev–Trinajstić information content (AvgIpc) is 3.49. The number of aromatic carboxylic acids is 1. The first-order valence-electron chi connectivity index (χ1n) is 15.4. The van der Waals surface area contributed by atoms with Gasteiger partial charge in [0, 0.05) is 36.1 Å². The van der Waals surface area contributed by atoms with E-state index in [1.165, 1.54) is 36.3 Å². The highest BCUT2D eigenvalue weighted by atomic mass is 32.1. The lowest BCUT2D eigenvalue weighted by Crippen LogP contribution is -2.34. The topological polar surface area (TPSA) is 62.7 Å². The van der Waals surface area contributed by atoms with Gasteiger partial charge in [-0.15, -0.1) is 11.3 Å². The lowest BCUT2D eigenvalue weighted by molar-refractivity contribution is 0.0697. The van der Waals surface area contributed by atoms with Gasteiger partial charge in [-0.05, 0) is 85.0 Å². The van der Waals surface area contributed by atoms with Crippen molar-refractivity contribution in [2.24, 2.45) is 5.92 Å². The Bertz CT molecular complexity index is 1400. The van der Waals surface area contributed by atoms with Crippen molar-refractivity contribution in [3.05, 3.63) is 99.9 Å². The quantitative estimate of drug-likeness (QED) is 0.170. The van der Waals surface area contributed by atoms with Crippen LogP contribution in [0.5, 0.6) is 5.75 Å². The molecule has 0 saturated carbocycles. The van der Waals surface area contributed by atoms with E-state index in [2.05, 4.69) is 72.7 Å². The Labute approximate surface area is 254 Å². The molecule has 5 rings (SSSR count). The first-order valence-corrected chi connectivity index (χ1v) is 16.2. The maximum atomic E-state index is 11.1. The van der Waals surface area contributed by atoms with E-state index in [-0.39, 0.29) is 0 Å². The molecule has 1 aromatic heterocycles. The van der Waals surface area contributed by atoms with Gasteiger partial charge in [-0.2, -0.15) is 0 Å². The molecule has 1 aliphatic rings. The number of rotatable bonds is 13. The highest BCUT2D eigenvalue weighted by molar-refractivity contribution is 7.09. The van der Waals surface area contributed by atoms with Crippen molar-refractivity contribution in [1.29, 1.82) is 0 Å². The zero-order chi connectivity index (χ0) is 29.3. The van der Waals surface area contributed by atoms with E-state index >= 15 is 0 Å². The van der Waals surface area contributed by atoms with Gasteiger partial charge >= 0.3 is 5.97 Å². The zero-order valence-corrected chi connectivity index (χ0v) is 25.6. The van der Waals surface area contributed by atoms with Crippen LogP contribution >= 0.6 is 11.3 Å². The number of aromatic nitrogens is 1. The van der Waals surface area contributed by atoms with Gasteiger partial charge < -0.3 is 14.7 Å². The summed E-state index contributed by atoms with van der Waals surface area (Å²) in [6, 6.07) is 24.5. The predicted molar refractivity (Wildman–Crippen MR) is 173 cm³/mol. The number of carboxylic acid groups (broad SMARTS) is 1. The van der Waals surface area contributed by atoms with Gasteiger partial charge in [0.2, 0.25) is 0 Å². The Balaban J connectivity index is 1.09. The first-order chi connectivity index (χ1) is 20.5. The lowest BCUT2D eigenvalue weighted by atomic mass is 9.90. The molecule has 42 heavy (non-hydrogen) atoms. The summed E-state index contributed by atoms with van der Waals surface area (Å²) in [5.41, 5.74) is 6.20. The molecular formula is C36H42N2O3S. The average molecular weight is 583 g/mol. The molecule has 4 aromatic rings. The van der Waals surface area contributed by atoms with Crippen LogP contribution in [-0.4, -0.2) is 29.1 Å². The van der Waals surface area contributed by atoms with Crippen molar-refractivity contribution in [3.63, 3.8) is 0 Å². The molecule has 0 atom stereocenters. The largest absolute Gasteiger partial charge is 0.489 e. The van der Waals surface area contributed by atoms with Crippen molar-refractivity contribution < 1.29 is 14.6 Å². The van der Waals surface area contributed by atoms with Crippen molar-refractivity contribution >= 4 is 23.0 Å². The monoisotopic (exact) mass is 582 g/mol. The molecular weight excluding hydrogens is 540 g/mol. The number of anilines is 1. The molecule has 1 N–H and O–H groups in total. The Morgan fingerprint density at radius 2 is 1.62 bits per heavy atom. The third kappa shape index (κ3) is 7.80. The number of carboxylic acids is 1. The van der Waals surface area contributed by atoms with Gasteiger partial charge in [0.1, 0.15) is 12.4 Å². The number of nitrogens with zero attached hydrogens (tertiary/aromatic N) is 2. The van der Waals surface area contributed by atoms with Crippen LogP contribution in [0.15, 0.2) is 78.2 Å². The molecule has 0 spiro atoms. The van der Waals surface area contributed by atoms with Gasteiger partial charge in [0.05, 0.1) is 16.3 Å². The zero-order valence-electron chi connectivity index (χ0n) is 24.8. The molecule has 0 aliphatic carbocycles. The van der Waals surface area contributed by atoms with E-state index in [1.807, 2.05) is 12.1 Å². The fraction of sp³-hybridized carbons (Fsp3) is 0.389. The summed E-state index contributed by atoms with van der Waals surface area (Å²) in [6.07, 6.45) is 8.17. The minimum absolute atomic E-state index is 0.333. The number of hydrogen-bond donors (Lipinski definition) is 1. The molecule has 0 bridgehead atoms. The number of hydrogen-bond acceptors (Lipinski definition) is 5. The standard InChI is InChI=1S/C36H42N2O3S/c1-3-5-28(6-4-2)29-13-17-33(18-14-29)41-24-27-7-9-30(10-8-27)34-25-42-35(37-34)23-26-19-21-38(22-20-26)32-15-11-31(12-16-32)36(39)40/h7-18,25-26,28H,3-6,19-24H2,1-2H3,(H,39,40). The molecule has 1 saturated heterocycles. The highest BCUT2D eigenvalue weighted by Crippen LogP contribution is 2.30. The van der Waals surface area contributed by atoms with Crippen LogP contribution in [0.1, 0.15) is 84.8 Å². The summed E-state index contributed by atoms with van der Waals surface area (Å²) in [5, 5.41) is 12.5. The van der Waals surface area contributed by atoms with Gasteiger partial charge in [-0.25, -0.2) is 9.78 Å². The Morgan fingerprint density at radius 1 is 0.952 bits per heavy atom. The van der Waals surface area contributed by atoms with Crippen LogP contribution in [0.3, 0.4) is 0 Å². The van der Waals surface area contributed by atoms with Crippen molar-refractivity contribution in [2.45, 2.75) is 71.3 Å². The molecule has 1 fully saturated rings. The fourth-order valence-corrected chi connectivity index (χ4v) is 6.86. The van der Waals surface area contributed by atoms with Crippen LogP contribution in [0.25, 0.3) is 11.3 Å². The normalized spacial score (nSPS) is 13.9. The van der Waals surface area contributed by atoms with Crippen LogP contribution in [0.4, 0.5) is 5.69 Å². The molecule has 0 unspecified atom stereocenters. The number of benzene rings is 3. The molecule has 0 amide bonds. The summed E-state index contributed by atoms with van der Waals surface area (Å²) in [6.45, 7) is 7.05. The third-order valence-electron chi connectivity index (χ3n) is 8.39. The van der Waals surface area contributed by atoms with E-state index in [0.717, 1.165) is 60.6 Å². The smallest absolute Gasteiger partial charge is 0.335 e. The molecule has 220 valence electrons. The highest BCUT2D eigenvalue weighted by Gasteiger charge is 2.21. The van der Waals surface area contributed by atoms with E-state index in [9.17, 15) is 4.79 Å². The van der Waals surface area contributed by atoms with Gasteiger partial charge in [0.25, 0.3) is 0 Å². The first kappa shape index (κ1) is 29.8. The predicted octanol–water partition coefficient (Wildman–Crippen LogP) is 9.23. The van der Waals surface area contributed by atoms with Crippen LogP contribution in [0, 0.1) is 5.92 Å². The SMILES string of the molecule is CCCC(CCC)c1ccc(OCc2ccc(-c3csc(CC4CCN(c5ccc(C(=O)O)cc5)CC4)n3)cc2)cc1.